The minimum atomic E-state index is 0.166. The van der Waals surface area contributed by atoms with Crippen LogP contribution >= 0.6 is 0 Å². The van der Waals surface area contributed by atoms with Gasteiger partial charge in [-0.15, -0.1) is 0 Å². The van der Waals surface area contributed by atoms with E-state index in [0.717, 1.165) is 17.2 Å². The van der Waals surface area contributed by atoms with Gasteiger partial charge in [-0.1, -0.05) is 0 Å². The Kier molecular flexibility index (Phi) is 4.54. The van der Waals surface area contributed by atoms with Gasteiger partial charge in [0.25, 0.3) is 0 Å². The third-order valence-corrected chi connectivity index (χ3v) is 1.94. The number of ether oxygens (including phenoxy) is 1. The van der Waals surface area contributed by atoms with Crippen molar-refractivity contribution in [1.82, 2.24) is 0 Å². The van der Waals surface area contributed by atoms with Crippen molar-refractivity contribution in [2.24, 2.45) is 0 Å². The number of furan rings is 1. The molecule has 0 radical (unpaired) electrons. The van der Waals surface area contributed by atoms with Crippen LogP contribution in [-0.4, -0.2) is 25.6 Å². The zero-order valence-corrected chi connectivity index (χ0v) is 9.27. The predicted molar refractivity (Wildman–Crippen MR) is 60.6 cm³/mol. The van der Waals surface area contributed by atoms with E-state index in [2.05, 4.69) is 4.74 Å². The fourth-order valence-corrected chi connectivity index (χ4v) is 1.32. The second-order valence-electron chi connectivity index (χ2n) is 3.22. The number of aldehydes is 1. The second-order valence-corrected chi connectivity index (χ2v) is 3.22. The Morgan fingerprint density at radius 2 is 2.12 bits per heavy atom. The van der Waals surface area contributed by atoms with Crippen molar-refractivity contribution in [2.45, 2.75) is 6.42 Å². The van der Waals surface area contributed by atoms with Crippen LogP contribution in [-0.2, 0) is 16.0 Å². The summed E-state index contributed by atoms with van der Waals surface area (Å²) in [4.78, 5) is 10.3. The highest BCUT2D eigenvalue weighted by Crippen LogP contribution is 2.24. The molecule has 4 nitrogen and oxygen atoms in total. The maximum Gasteiger partial charge on any atom is 0.137 e. The van der Waals surface area contributed by atoms with Crippen molar-refractivity contribution in [3.8, 4) is 5.75 Å². The van der Waals surface area contributed by atoms with Crippen LogP contribution in [0.2, 0.25) is 0 Å². The maximum absolute atomic E-state index is 10.3. The molecule has 0 aliphatic carbocycles. The third-order valence-electron chi connectivity index (χ3n) is 1.94. The number of fused-ring (bicyclic) bond motifs is 1. The quantitative estimate of drug-likeness (QED) is 0.791. The molecule has 0 fully saturated rings. The highest BCUT2D eigenvalue weighted by molar-refractivity contribution is 5.84. The number of hydrogen-bond acceptors (Lipinski definition) is 4. The minimum Gasteiger partial charge on any atom is -0.508 e. The molecule has 0 amide bonds. The van der Waals surface area contributed by atoms with Crippen LogP contribution in [0.1, 0.15) is 5.56 Å². The largest absolute Gasteiger partial charge is 0.508 e. The molecule has 4 heteroatoms. The van der Waals surface area contributed by atoms with Crippen LogP contribution in [0.5, 0.6) is 5.75 Å². The van der Waals surface area contributed by atoms with Gasteiger partial charge in [-0.25, -0.2) is 0 Å². The van der Waals surface area contributed by atoms with Crippen LogP contribution in [0.25, 0.3) is 11.0 Å². The summed E-state index contributed by atoms with van der Waals surface area (Å²) in [5, 5.41) is 10.0. The number of rotatable bonds is 2. The molecule has 0 spiro atoms. The van der Waals surface area contributed by atoms with Gasteiger partial charge in [0.05, 0.1) is 6.26 Å². The summed E-state index contributed by atoms with van der Waals surface area (Å²) in [6.07, 6.45) is 2.72. The van der Waals surface area contributed by atoms with Crippen LogP contribution in [0, 0.1) is 0 Å². The SMILES string of the molecule is COC.O=CCc1coc2cc(O)ccc12. The lowest BCUT2D eigenvalue weighted by molar-refractivity contribution is -0.107. The Labute approximate surface area is 93.4 Å². The lowest BCUT2D eigenvalue weighted by Crippen LogP contribution is -1.81. The first-order chi connectivity index (χ1) is 7.72. The van der Waals surface area contributed by atoms with Crippen molar-refractivity contribution >= 4 is 17.3 Å². The maximum atomic E-state index is 10.3. The molecule has 1 aromatic heterocycles. The van der Waals surface area contributed by atoms with Crippen LogP contribution in [0.3, 0.4) is 0 Å². The second kappa shape index (κ2) is 5.92. The Balaban J connectivity index is 0.000000386. The number of methoxy groups -OCH3 is 1. The van der Waals surface area contributed by atoms with E-state index in [9.17, 15) is 4.79 Å². The van der Waals surface area contributed by atoms with Gasteiger partial charge >= 0.3 is 0 Å². The van der Waals surface area contributed by atoms with E-state index in [1.54, 1.807) is 32.6 Å². The molecule has 1 aromatic carbocycles. The Hall–Kier alpha value is -1.81. The fourth-order valence-electron chi connectivity index (χ4n) is 1.32. The number of hydrogen-bond donors (Lipinski definition) is 1. The van der Waals surface area contributed by atoms with Gasteiger partial charge < -0.3 is 19.1 Å². The molecule has 1 heterocycles. The van der Waals surface area contributed by atoms with Gasteiger partial charge in [-0.2, -0.15) is 0 Å². The van der Waals surface area contributed by atoms with Gasteiger partial charge in [-0.05, 0) is 12.1 Å². The molecule has 86 valence electrons. The molecule has 0 aliphatic rings. The Morgan fingerprint density at radius 1 is 1.44 bits per heavy atom. The smallest absolute Gasteiger partial charge is 0.137 e. The van der Waals surface area contributed by atoms with Crippen LogP contribution in [0.4, 0.5) is 0 Å². The predicted octanol–water partition coefficient (Wildman–Crippen LogP) is 2.14. The molecule has 1 N–H and O–H groups in total. The van der Waals surface area contributed by atoms with Crippen molar-refractivity contribution in [3.63, 3.8) is 0 Å². The van der Waals surface area contributed by atoms with Crippen molar-refractivity contribution in [3.05, 3.63) is 30.0 Å². The summed E-state index contributed by atoms with van der Waals surface area (Å²) >= 11 is 0. The van der Waals surface area contributed by atoms with Crippen LogP contribution < -0.4 is 0 Å². The topological polar surface area (TPSA) is 59.7 Å². The van der Waals surface area contributed by atoms with Gasteiger partial charge in [0, 0.05) is 37.7 Å². The summed E-state index contributed by atoms with van der Waals surface area (Å²) in [5.74, 6) is 0.166. The molecule has 0 bridgehead atoms. The number of phenols is 1. The number of aromatic hydroxyl groups is 1. The number of carbonyl (C=O) groups is 1. The van der Waals surface area contributed by atoms with Crippen molar-refractivity contribution in [2.75, 3.05) is 14.2 Å². The first kappa shape index (κ1) is 12.3. The average molecular weight is 222 g/mol. The Morgan fingerprint density at radius 3 is 2.75 bits per heavy atom. The Bertz CT molecular complexity index is 459. The lowest BCUT2D eigenvalue weighted by Gasteiger charge is -1.91. The van der Waals surface area contributed by atoms with E-state index in [1.807, 2.05) is 0 Å². The zero-order valence-electron chi connectivity index (χ0n) is 9.27. The summed E-state index contributed by atoms with van der Waals surface area (Å²) in [6.45, 7) is 0. The molecular weight excluding hydrogens is 208 g/mol. The molecule has 0 aliphatic heterocycles. The lowest BCUT2D eigenvalue weighted by atomic mass is 10.1. The van der Waals surface area contributed by atoms with Gasteiger partial charge in [0.2, 0.25) is 0 Å². The summed E-state index contributed by atoms with van der Waals surface area (Å²) < 4.78 is 9.41. The van der Waals surface area contributed by atoms with E-state index >= 15 is 0 Å². The molecule has 0 saturated carbocycles. The van der Waals surface area contributed by atoms with Crippen LogP contribution in [0.15, 0.2) is 28.9 Å². The fraction of sp³-hybridized carbons (Fsp3) is 0.250. The van der Waals surface area contributed by atoms with Gasteiger partial charge in [0.15, 0.2) is 0 Å². The summed E-state index contributed by atoms with van der Waals surface area (Å²) in [7, 11) is 3.25. The standard InChI is InChI=1S/C10H8O3.C2H6O/c11-4-3-7-6-13-10-5-8(12)1-2-9(7)10;1-3-2/h1-2,4-6,12H,3H2;1-2H3. The normalized spacial score (nSPS) is 9.62. The number of benzene rings is 1. The molecule has 2 rings (SSSR count). The number of phenolic OH excluding ortho intramolecular Hbond substituents is 1. The first-order valence-electron chi connectivity index (χ1n) is 4.75. The molecule has 0 atom stereocenters. The summed E-state index contributed by atoms with van der Waals surface area (Å²) in [6, 6.07) is 4.85. The van der Waals surface area contributed by atoms with E-state index in [-0.39, 0.29) is 5.75 Å². The molecule has 0 unspecified atom stereocenters. The van der Waals surface area contributed by atoms with Gasteiger partial charge in [0.1, 0.15) is 17.6 Å². The zero-order chi connectivity index (χ0) is 12.0. The van der Waals surface area contributed by atoms with E-state index in [1.165, 1.54) is 6.07 Å². The van der Waals surface area contributed by atoms with Gasteiger partial charge in [-0.3, -0.25) is 0 Å². The third kappa shape index (κ3) is 2.84. The first-order valence-corrected chi connectivity index (χ1v) is 4.75. The number of carbonyl (C=O) groups excluding carboxylic acids is 1. The van der Waals surface area contributed by atoms with Crippen molar-refractivity contribution < 1.29 is 19.1 Å². The molecule has 0 saturated heterocycles. The highest BCUT2D eigenvalue weighted by atomic mass is 16.4. The van der Waals surface area contributed by atoms with E-state index < -0.39 is 0 Å². The van der Waals surface area contributed by atoms with Crippen molar-refractivity contribution in [1.29, 1.82) is 0 Å². The average Bonchev–Trinajstić information content (AvgIpc) is 2.62. The molecule has 2 aromatic rings. The molecular formula is C12H14O4. The monoisotopic (exact) mass is 222 g/mol. The summed E-state index contributed by atoms with van der Waals surface area (Å²) in [5.41, 5.74) is 1.46. The van der Waals surface area contributed by atoms with E-state index in [0.29, 0.717) is 12.0 Å². The highest BCUT2D eigenvalue weighted by Gasteiger charge is 2.05. The molecule has 16 heavy (non-hydrogen) atoms. The minimum absolute atomic E-state index is 0.166. The van der Waals surface area contributed by atoms with E-state index in [4.69, 9.17) is 9.52 Å².